The van der Waals surface area contributed by atoms with Gasteiger partial charge in [0.15, 0.2) is 11.5 Å². The van der Waals surface area contributed by atoms with Gasteiger partial charge in [0.05, 0.1) is 12.5 Å². The fraction of sp³-hybridized carbons (Fsp3) is 0.579. The van der Waals surface area contributed by atoms with Gasteiger partial charge in [0.25, 0.3) is 0 Å². The summed E-state index contributed by atoms with van der Waals surface area (Å²) in [6, 6.07) is 3.03. The van der Waals surface area contributed by atoms with Gasteiger partial charge in [-0.25, -0.2) is 9.31 Å². The molecule has 2 unspecified atom stereocenters. The van der Waals surface area contributed by atoms with Crippen LogP contribution in [0, 0.1) is 29.6 Å². The van der Waals surface area contributed by atoms with E-state index in [9.17, 15) is 14.7 Å². The number of rotatable bonds is 5. The molecular weight excluding hydrogens is 384 g/mol. The van der Waals surface area contributed by atoms with Crippen LogP contribution in [0.3, 0.4) is 0 Å². The van der Waals surface area contributed by atoms with Crippen molar-refractivity contribution in [2.24, 2.45) is 29.6 Å². The van der Waals surface area contributed by atoms with E-state index in [1.165, 1.54) is 17.0 Å². The minimum absolute atomic E-state index is 0.0108. The number of anilines is 1. The smallest absolute Gasteiger partial charge is 0.354 e. The zero-order valence-electron chi connectivity index (χ0n) is 15.3. The molecule has 2 N–H and O–H groups in total. The second-order valence-corrected chi connectivity index (χ2v) is 8.30. The van der Waals surface area contributed by atoms with E-state index in [2.05, 4.69) is 15.4 Å². The van der Waals surface area contributed by atoms with E-state index in [0.717, 1.165) is 12.8 Å². The summed E-state index contributed by atoms with van der Waals surface area (Å²) in [5.74, 6) is 0.985. The fourth-order valence-electron chi connectivity index (χ4n) is 5.61. The van der Waals surface area contributed by atoms with Crippen LogP contribution < -0.4 is 5.32 Å². The largest absolute Gasteiger partial charge is 0.477 e. The highest BCUT2D eigenvalue weighted by atomic mass is 35.5. The highest BCUT2D eigenvalue weighted by molar-refractivity contribution is 6.28. The number of nitrogens with one attached hydrogen (secondary N) is 1. The molecule has 2 bridgehead atoms. The van der Waals surface area contributed by atoms with Crippen LogP contribution >= 0.6 is 11.6 Å². The summed E-state index contributed by atoms with van der Waals surface area (Å²) < 4.78 is 6.67. The van der Waals surface area contributed by atoms with E-state index in [0.29, 0.717) is 41.6 Å². The van der Waals surface area contributed by atoms with E-state index >= 15 is 0 Å². The number of hydrogen-bond donors (Lipinski definition) is 2. The van der Waals surface area contributed by atoms with Crippen LogP contribution in [-0.4, -0.2) is 44.3 Å². The normalized spacial score (nSPS) is 32.8. The molecule has 0 spiro atoms. The Kier molecular flexibility index (Phi) is 4.01. The van der Waals surface area contributed by atoms with Gasteiger partial charge in [0.1, 0.15) is 5.52 Å². The summed E-state index contributed by atoms with van der Waals surface area (Å²) in [6.07, 6.45) is 3.31. The molecular formula is C19H21ClN4O4. The first-order chi connectivity index (χ1) is 13.5. The number of halogens is 1. The number of nitrogens with zero attached hydrogens (tertiary/aromatic N) is 3. The first-order valence-electron chi connectivity index (χ1n) is 9.71. The van der Waals surface area contributed by atoms with Crippen LogP contribution in [0.1, 0.15) is 36.7 Å². The molecule has 0 radical (unpaired) electrons. The summed E-state index contributed by atoms with van der Waals surface area (Å²) in [6.45, 7) is 2.18. The van der Waals surface area contributed by atoms with Crippen LogP contribution in [0.2, 0.25) is 5.28 Å². The Labute approximate surface area is 166 Å². The van der Waals surface area contributed by atoms with Gasteiger partial charge in [0, 0.05) is 6.04 Å². The number of fused-ring (bicyclic) bond motifs is 3. The maximum absolute atomic E-state index is 12.8. The predicted molar refractivity (Wildman–Crippen MR) is 100 cm³/mol. The number of carboxylic acids is 1. The molecule has 4 aliphatic carbocycles. The lowest BCUT2D eigenvalue weighted by atomic mass is 9.61. The lowest BCUT2D eigenvalue weighted by Crippen LogP contribution is -2.53. The van der Waals surface area contributed by atoms with Crippen molar-refractivity contribution in [3.8, 4) is 0 Å². The molecule has 0 amide bonds. The predicted octanol–water partition coefficient (Wildman–Crippen LogP) is 2.72. The molecule has 2 heterocycles. The van der Waals surface area contributed by atoms with Gasteiger partial charge in [-0.3, -0.25) is 4.79 Å². The molecule has 4 aliphatic rings. The molecule has 2 aromatic rings. The lowest BCUT2D eigenvalue weighted by molar-refractivity contribution is -0.155. The quantitative estimate of drug-likeness (QED) is 0.738. The van der Waals surface area contributed by atoms with Crippen LogP contribution in [-0.2, 0) is 9.53 Å². The number of hydrogen-bond acceptors (Lipinski definition) is 6. The Morgan fingerprint density at radius 1 is 1.29 bits per heavy atom. The summed E-state index contributed by atoms with van der Waals surface area (Å²) >= 11 is 6.07. The topological polar surface area (TPSA) is 106 Å². The third-order valence-electron chi connectivity index (χ3n) is 6.70. The molecule has 2 aromatic heterocycles. The molecule has 6 atom stereocenters. The van der Waals surface area contributed by atoms with Crippen molar-refractivity contribution in [3.05, 3.63) is 23.1 Å². The highest BCUT2D eigenvalue weighted by Gasteiger charge is 2.63. The second kappa shape index (κ2) is 6.34. The monoisotopic (exact) mass is 404 g/mol. The van der Waals surface area contributed by atoms with Crippen molar-refractivity contribution < 1.29 is 19.4 Å². The number of aromatic carboxylic acids is 1. The highest BCUT2D eigenvalue weighted by Crippen LogP contribution is 2.64. The molecule has 6 rings (SSSR count). The number of esters is 1. The maximum Gasteiger partial charge on any atom is 0.354 e. The van der Waals surface area contributed by atoms with E-state index in [1.54, 1.807) is 6.07 Å². The number of aromatic nitrogens is 3. The second-order valence-electron chi connectivity index (χ2n) is 7.97. The van der Waals surface area contributed by atoms with Gasteiger partial charge in [-0.05, 0) is 73.6 Å². The standard InChI is InChI=1S/C19H21ClN4O4/c1-2-28-18(27)14-8-3-4-9(11-7-10(8)11)15(14)21-16-12-5-6-13(17(25)26)24(12)23-19(20)22-16/h5-6,8-11,14-15H,2-4,7H2,1H3,(H,25,26)(H,21,22,23)/t8-,9?,10+,11?,14-,15-/m0/s1. The van der Waals surface area contributed by atoms with Gasteiger partial charge in [-0.15, -0.1) is 5.10 Å². The zero-order valence-corrected chi connectivity index (χ0v) is 16.1. The molecule has 4 saturated carbocycles. The fourth-order valence-corrected chi connectivity index (χ4v) is 5.77. The van der Waals surface area contributed by atoms with Crippen molar-refractivity contribution in [2.45, 2.75) is 32.2 Å². The molecule has 28 heavy (non-hydrogen) atoms. The Morgan fingerprint density at radius 2 is 2.04 bits per heavy atom. The third kappa shape index (κ3) is 2.57. The number of carbonyl (C=O) groups excluding carboxylic acids is 1. The number of carbonyl (C=O) groups is 2. The minimum atomic E-state index is -1.09. The Bertz CT molecular complexity index is 976. The summed E-state index contributed by atoms with van der Waals surface area (Å²) in [5, 5.41) is 16.8. The number of ether oxygens (including phenoxy) is 1. The van der Waals surface area contributed by atoms with E-state index in [4.69, 9.17) is 16.3 Å². The van der Waals surface area contributed by atoms with E-state index < -0.39 is 5.97 Å². The molecule has 4 fully saturated rings. The van der Waals surface area contributed by atoms with Gasteiger partial charge in [-0.1, -0.05) is 0 Å². The van der Waals surface area contributed by atoms with Gasteiger partial charge >= 0.3 is 11.9 Å². The average molecular weight is 405 g/mol. The average Bonchev–Trinajstić information content (AvgIpc) is 3.36. The van der Waals surface area contributed by atoms with Gasteiger partial charge < -0.3 is 15.2 Å². The lowest BCUT2D eigenvalue weighted by Gasteiger charge is -2.47. The summed E-state index contributed by atoms with van der Waals surface area (Å²) in [4.78, 5) is 28.5. The molecule has 148 valence electrons. The number of carboxylic acid groups (broad SMARTS) is 1. The Balaban J connectivity index is 1.54. The minimum Gasteiger partial charge on any atom is -0.477 e. The van der Waals surface area contributed by atoms with Crippen molar-refractivity contribution >= 4 is 34.9 Å². The zero-order chi connectivity index (χ0) is 19.6. The Morgan fingerprint density at radius 3 is 2.79 bits per heavy atom. The third-order valence-corrected chi connectivity index (χ3v) is 6.86. The van der Waals surface area contributed by atoms with E-state index in [-0.39, 0.29) is 28.9 Å². The molecule has 0 saturated heterocycles. The summed E-state index contributed by atoms with van der Waals surface area (Å²) in [7, 11) is 0. The molecule has 9 heteroatoms. The van der Waals surface area contributed by atoms with Gasteiger partial charge in [-0.2, -0.15) is 4.98 Å². The van der Waals surface area contributed by atoms with Crippen molar-refractivity contribution in [1.29, 1.82) is 0 Å². The Hall–Kier alpha value is -2.35. The van der Waals surface area contributed by atoms with Crippen LogP contribution in [0.25, 0.3) is 5.52 Å². The first-order valence-corrected chi connectivity index (χ1v) is 10.1. The molecule has 0 aliphatic heterocycles. The summed E-state index contributed by atoms with van der Waals surface area (Å²) in [5.41, 5.74) is 0.537. The SMILES string of the molecule is CCOC(=O)[C@H]1[C@H]2CCC(C3C[C@@H]32)[C@@H]1Nc1nc(Cl)nn2c(C(=O)O)ccc12. The van der Waals surface area contributed by atoms with Crippen molar-refractivity contribution in [3.63, 3.8) is 0 Å². The van der Waals surface area contributed by atoms with E-state index in [1.807, 2.05) is 6.92 Å². The maximum atomic E-state index is 12.8. The van der Waals surface area contributed by atoms with Crippen LogP contribution in [0.5, 0.6) is 0 Å². The first kappa shape index (κ1) is 17.7. The molecule has 0 aromatic carbocycles. The van der Waals surface area contributed by atoms with Crippen LogP contribution in [0.4, 0.5) is 5.82 Å². The van der Waals surface area contributed by atoms with Crippen LogP contribution in [0.15, 0.2) is 12.1 Å². The van der Waals surface area contributed by atoms with Gasteiger partial charge in [0.2, 0.25) is 5.28 Å². The van der Waals surface area contributed by atoms with Crippen molar-refractivity contribution in [2.75, 3.05) is 11.9 Å². The van der Waals surface area contributed by atoms with Crippen molar-refractivity contribution in [1.82, 2.24) is 14.6 Å². The molecule has 8 nitrogen and oxygen atoms in total.